The van der Waals surface area contributed by atoms with Crippen LogP contribution in [0.15, 0.2) is 24.3 Å². The molecule has 1 aromatic carbocycles. The molecule has 1 rings (SSSR count). The Balaban J connectivity index is 2.74. The number of hydrogen-bond acceptors (Lipinski definition) is 2. The van der Waals surface area contributed by atoms with Crippen molar-refractivity contribution in [3.8, 4) is 5.75 Å². The highest BCUT2D eigenvalue weighted by molar-refractivity contribution is 6.44. The number of rotatable bonds is 5. The molecule has 1 aromatic rings. The van der Waals surface area contributed by atoms with Gasteiger partial charge >= 0.3 is 0 Å². The molecule has 0 spiro atoms. The second-order valence-corrected chi connectivity index (χ2v) is 4.40. The van der Waals surface area contributed by atoms with Gasteiger partial charge in [0.1, 0.15) is 10.6 Å². The molecule has 0 amide bonds. The van der Waals surface area contributed by atoms with E-state index in [0.717, 1.165) is 11.3 Å². The molecule has 0 N–H and O–H groups in total. The molecule has 0 aliphatic heterocycles. The predicted molar refractivity (Wildman–Crippen MR) is 62.9 cm³/mol. The predicted octanol–water partition coefficient (Wildman–Crippen LogP) is 3.58. The van der Waals surface area contributed by atoms with E-state index in [1.54, 1.807) is 14.2 Å². The fourth-order valence-electron chi connectivity index (χ4n) is 1.35. The van der Waals surface area contributed by atoms with E-state index in [4.69, 9.17) is 32.7 Å². The van der Waals surface area contributed by atoms with Crippen LogP contribution in [0, 0.1) is 0 Å². The van der Waals surface area contributed by atoms with Gasteiger partial charge in [0.05, 0.1) is 13.2 Å². The lowest BCUT2D eigenvalue weighted by Crippen LogP contribution is -2.05. The minimum Gasteiger partial charge on any atom is -0.497 e. The van der Waals surface area contributed by atoms with Gasteiger partial charge in [0, 0.05) is 13.5 Å². The Labute approximate surface area is 100 Å². The van der Waals surface area contributed by atoms with E-state index in [9.17, 15) is 0 Å². The highest BCUT2D eigenvalue weighted by Gasteiger charge is 2.14. The molecular weight excluding hydrogens is 235 g/mol. The maximum Gasteiger partial charge on any atom is 0.118 e. The molecular formula is C11H14Cl2O2. The summed E-state index contributed by atoms with van der Waals surface area (Å²) in [6.07, 6.45) is 0.502. The molecule has 2 nitrogen and oxygen atoms in total. The third-order valence-corrected chi connectivity index (χ3v) is 2.52. The van der Waals surface area contributed by atoms with Gasteiger partial charge in [-0.05, 0) is 17.7 Å². The maximum absolute atomic E-state index is 5.72. The van der Waals surface area contributed by atoms with E-state index < -0.39 is 4.84 Å². The average Bonchev–Trinajstić information content (AvgIpc) is 2.26. The molecule has 0 aromatic heterocycles. The lowest BCUT2D eigenvalue weighted by molar-refractivity contribution is 0.0988. The second kappa shape index (κ2) is 6.21. The molecule has 0 aliphatic carbocycles. The monoisotopic (exact) mass is 248 g/mol. The fourth-order valence-corrected chi connectivity index (χ4v) is 1.67. The molecule has 0 radical (unpaired) electrons. The maximum atomic E-state index is 5.72. The largest absolute Gasteiger partial charge is 0.497 e. The Morgan fingerprint density at radius 2 is 1.73 bits per heavy atom. The van der Waals surface area contributed by atoms with Gasteiger partial charge in [-0.3, -0.25) is 0 Å². The Morgan fingerprint density at radius 3 is 2.13 bits per heavy atom. The number of benzene rings is 1. The van der Waals surface area contributed by atoms with Crippen molar-refractivity contribution in [1.29, 1.82) is 0 Å². The van der Waals surface area contributed by atoms with Crippen molar-refractivity contribution in [2.75, 3.05) is 14.2 Å². The summed E-state index contributed by atoms with van der Waals surface area (Å²) in [6.45, 7) is 0. The lowest BCUT2D eigenvalue weighted by Gasteiger charge is -2.16. The molecule has 1 atom stereocenters. The Morgan fingerprint density at radius 1 is 1.13 bits per heavy atom. The van der Waals surface area contributed by atoms with Gasteiger partial charge in [0.25, 0.3) is 0 Å². The van der Waals surface area contributed by atoms with Crippen LogP contribution >= 0.6 is 23.2 Å². The summed E-state index contributed by atoms with van der Waals surface area (Å²) >= 11 is 11.4. The van der Waals surface area contributed by atoms with Gasteiger partial charge in [0.2, 0.25) is 0 Å². The molecule has 4 heteroatoms. The van der Waals surface area contributed by atoms with Crippen LogP contribution in [0.25, 0.3) is 0 Å². The van der Waals surface area contributed by atoms with Gasteiger partial charge in [-0.2, -0.15) is 0 Å². The standard InChI is InChI=1S/C11H14Cl2O2/c1-14-9-5-3-8(4-6-9)10(15-2)7-11(12)13/h3-6,10-11H,7H2,1-2H3. The van der Waals surface area contributed by atoms with Gasteiger partial charge in [-0.25, -0.2) is 0 Å². The van der Waals surface area contributed by atoms with Crippen LogP contribution in [0.3, 0.4) is 0 Å². The summed E-state index contributed by atoms with van der Waals surface area (Å²) in [5, 5.41) is 0. The smallest absolute Gasteiger partial charge is 0.118 e. The molecule has 0 saturated heterocycles. The summed E-state index contributed by atoms with van der Waals surface area (Å²) in [6, 6.07) is 7.67. The second-order valence-electron chi connectivity index (χ2n) is 3.12. The number of methoxy groups -OCH3 is 2. The Kier molecular flexibility index (Phi) is 5.23. The normalized spacial score (nSPS) is 12.9. The third kappa shape index (κ3) is 3.90. The minimum atomic E-state index is -0.419. The third-order valence-electron chi connectivity index (χ3n) is 2.16. The highest BCUT2D eigenvalue weighted by atomic mass is 35.5. The SMILES string of the molecule is COc1ccc(C(CC(Cl)Cl)OC)cc1. The van der Waals surface area contributed by atoms with Crippen LogP contribution in [0.5, 0.6) is 5.75 Å². The average molecular weight is 249 g/mol. The first kappa shape index (κ1) is 12.6. The van der Waals surface area contributed by atoms with Crippen LogP contribution < -0.4 is 4.74 Å². The van der Waals surface area contributed by atoms with Crippen LogP contribution in [0.2, 0.25) is 0 Å². The van der Waals surface area contributed by atoms with Crippen LogP contribution in [-0.4, -0.2) is 19.1 Å². The van der Waals surface area contributed by atoms with E-state index in [0.29, 0.717) is 6.42 Å². The fraction of sp³-hybridized carbons (Fsp3) is 0.455. The zero-order valence-corrected chi connectivity index (χ0v) is 10.3. The van der Waals surface area contributed by atoms with Gasteiger partial charge in [0.15, 0.2) is 0 Å². The van der Waals surface area contributed by atoms with Crippen LogP contribution in [0.1, 0.15) is 18.1 Å². The number of ether oxygens (including phenoxy) is 2. The molecule has 0 saturated carbocycles. The van der Waals surface area contributed by atoms with E-state index in [1.807, 2.05) is 24.3 Å². The topological polar surface area (TPSA) is 18.5 Å². The Bertz CT molecular complexity index is 285. The number of alkyl halides is 2. The molecule has 0 fully saturated rings. The van der Waals surface area contributed by atoms with Crippen LogP contribution in [-0.2, 0) is 4.74 Å². The zero-order valence-electron chi connectivity index (χ0n) is 8.74. The first-order valence-corrected chi connectivity index (χ1v) is 5.49. The molecule has 84 valence electrons. The number of halogens is 2. The molecule has 0 heterocycles. The molecule has 0 aliphatic rings. The van der Waals surface area contributed by atoms with Crippen molar-refractivity contribution in [1.82, 2.24) is 0 Å². The van der Waals surface area contributed by atoms with Crippen molar-refractivity contribution in [2.45, 2.75) is 17.4 Å². The quantitative estimate of drug-likeness (QED) is 0.742. The summed E-state index contributed by atoms with van der Waals surface area (Å²) < 4.78 is 10.4. The van der Waals surface area contributed by atoms with E-state index >= 15 is 0 Å². The van der Waals surface area contributed by atoms with Gasteiger partial charge < -0.3 is 9.47 Å². The van der Waals surface area contributed by atoms with Crippen molar-refractivity contribution in [3.63, 3.8) is 0 Å². The van der Waals surface area contributed by atoms with Crippen molar-refractivity contribution in [3.05, 3.63) is 29.8 Å². The van der Waals surface area contributed by atoms with Gasteiger partial charge in [-0.15, -0.1) is 23.2 Å². The van der Waals surface area contributed by atoms with E-state index in [2.05, 4.69) is 0 Å². The van der Waals surface area contributed by atoms with E-state index in [1.165, 1.54) is 0 Å². The van der Waals surface area contributed by atoms with Gasteiger partial charge in [-0.1, -0.05) is 12.1 Å². The Hall–Kier alpha value is -0.440. The minimum absolute atomic E-state index is 0.0732. The molecule has 15 heavy (non-hydrogen) atoms. The summed E-state index contributed by atoms with van der Waals surface area (Å²) in [4.78, 5) is -0.419. The van der Waals surface area contributed by atoms with Crippen molar-refractivity contribution in [2.24, 2.45) is 0 Å². The first-order valence-electron chi connectivity index (χ1n) is 4.62. The van der Waals surface area contributed by atoms with Crippen LogP contribution in [0.4, 0.5) is 0 Å². The van der Waals surface area contributed by atoms with E-state index in [-0.39, 0.29) is 6.10 Å². The highest BCUT2D eigenvalue weighted by Crippen LogP contribution is 2.27. The molecule has 1 unspecified atom stereocenters. The summed E-state index contributed by atoms with van der Waals surface area (Å²) in [5.41, 5.74) is 1.05. The summed E-state index contributed by atoms with van der Waals surface area (Å²) in [7, 11) is 3.28. The zero-order chi connectivity index (χ0) is 11.3. The van der Waals surface area contributed by atoms with Crippen molar-refractivity contribution < 1.29 is 9.47 Å². The number of hydrogen-bond donors (Lipinski definition) is 0. The first-order chi connectivity index (χ1) is 7.17. The molecule has 0 bridgehead atoms. The lowest BCUT2D eigenvalue weighted by atomic mass is 10.1. The summed E-state index contributed by atoms with van der Waals surface area (Å²) in [5.74, 6) is 0.821. The van der Waals surface area contributed by atoms with Crippen molar-refractivity contribution >= 4 is 23.2 Å².